The summed E-state index contributed by atoms with van der Waals surface area (Å²) in [6.07, 6.45) is 4.32. The molecule has 86 valence electrons. The maximum absolute atomic E-state index is 11.9. The summed E-state index contributed by atoms with van der Waals surface area (Å²) in [6, 6.07) is 0. The first-order valence-corrected chi connectivity index (χ1v) is 6.12. The van der Waals surface area contributed by atoms with E-state index in [1.165, 1.54) is 6.42 Å². The van der Waals surface area contributed by atoms with Crippen molar-refractivity contribution >= 4 is 5.78 Å². The van der Waals surface area contributed by atoms with Gasteiger partial charge in [0.2, 0.25) is 0 Å². The van der Waals surface area contributed by atoms with Crippen molar-refractivity contribution in [1.29, 1.82) is 0 Å². The lowest BCUT2D eigenvalue weighted by Crippen LogP contribution is -2.47. The van der Waals surface area contributed by atoms with Gasteiger partial charge in [-0.3, -0.25) is 4.79 Å². The molecule has 2 fully saturated rings. The highest BCUT2D eigenvalue weighted by atomic mass is 16.5. The van der Waals surface area contributed by atoms with E-state index in [1.807, 2.05) is 0 Å². The number of carbonyl (C=O) groups is 1. The van der Waals surface area contributed by atoms with Gasteiger partial charge in [-0.1, -0.05) is 6.92 Å². The van der Waals surface area contributed by atoms with Crippen molar-refractivity contribution in [2.24, 2.45) is 11.8 Å². The maximum atomic E-state index is 11.9. The Hall–Kier alpha value is -0.410. The van der Waals surface area contributed by atoms with Gasteiger partial charge in [-0.25, -0.2) is 0 Å². The molecule has 3 nitrogen and oxygen atoms in total. The molecule has 0 saturated carbocycles. The van der Waals surface area contributed by atoms with Crippen molar-refractivity contribution in [2.75, 3.05) is 19.7 Å². The van der Waals surface area contributed by atoms with Crippen molar-refractivity contribution in [1.82, 2.24) is 5.32 Å². The van der Waals surface area contributed by atoms with E-state index in [0.717, 1.165) is 32.5 Å². The fraction of sp³-hybridized carbons (Fsp3) is 0.917. The van der Waals surface area contributed by atoms with Crippen LogP contribution in [-0.2, 0) is 9.53 Å². The fourth-order valence-electron chi connectivity index (χ4n) is 2.33. The van der Waals surface area contributed by atoms with Crippen LogP contribution in [0.15, 0.2) is 0 Å². The Morgan fingerprint density at radius 1 is 1.53 bits per heavy atom. The van der Waals surface area contributed by atoms with Gasteiger partial charge in [-0.2, -0.15) is 0 Å². The van der Waals surface area contributed by atoms with E-state index in [4.69, 9.17) is 4.74 Å². The van der Waals surface area contributed by atoms with E-state index in [2.05, 4.69) is 12.2 Å². The molecule has 2 saturated heterocycles. The highest BCUT2D eigenvalue weighted by Crippen LogP contribution is 2.22. The van der Waals surface area contributed by atoms with Gasteiger partial charge in [0, 0.05) is 18.9 Å². The Bertz CT molecular complexity index is 220. The minimum absolute atomic E-state index is 0.243. The smallest absolute Gasteiger partial charge is 0.136 e. The number of Topliss-reactive ketones (excluding diaryl/α,β-unsaturated/α-hetero) is 1. The van der Waals surface area contributed by atoms with Crippen molar-refractivity contribution < 1.29 is 9.53 Å². The quantitative estimate of drug-likeness (QED) is 0.746. The lowest BCUT2D eigenvalue weighted by atomic mass is 9.84. The zero-order chi connectivity index (χ0) is 10.7. The zero-order valence-corrected chi connectivity index (χ0v) is 9.50. The van der Waals surface area contributed by atoms with Crippen LogP contribution in [0.1, 0.15) is 32.6 Å². The third kappa shape index (κ3) is 2.79. The molecule has 0 amide bonds. The molecule has 0 radical (unpaired) electrons. The predicted octanol–water partition coefficient (Wildman–Crippen LogP) is 1.37. The summed E-state index contributed by atoms with van der Waals surface area (Å²) >= 11 is 0. The molecular formula is C12H21NO2. The van der Waals surface area contributed by atoms with Gasteiger partial charge in [0.1, 0.15) is 5.78 Å². The van der Waals surface area contributed by atoms with E-state index >= 15 is 0 Å². The van der Waals surface area contributed by atoms with E-state index in [1.54, 1.807) is 0 Å². The Balaban J connectivity index is 1.66. The molecule has 15 heavy (non-hydrogen) atoms. The third-order valence-corrected chi connectivity index (χ3v) is 3.76. The molecule has 2 rings (SSSR count). The molecule has 0 bridgehead atoms. The standard InChI is InChI=1S/C12H21NO2/c1-9(10-7-13-8-10)12(14)5-4-11-3-2-6-15-11/h9-11,13H,2-8H2,1H3. The molecule has 1 N–H and O–H groups in total. The second kappa shape index (κ2) is 5.08. The number of carbonyl (C=O) groups excluding carboxylic acids is 1. The Labute approximate surface area is 91.6 Å². The van der Waals surface area contributed by atoms with Gasteiger partial charge in [-0.05, 0) is 38.3 Å². The lowest BCUT2D eigenvalue weighted by Gasteiger charge is -2.31. The van der Waals surface area contributed by atoms with Crippen molar-refractivity contribution in [3.8, 4) is 0 Å². The van der Waals surface area contributed by atoms with Gasteiger partial charge in [0.25, 0.3) is 0 Å². The van der Waals surface area contributed by atoms with Crippen LogP contribution in [0.5, 0.6) is 0 Å². The summed E-state index contributed by atoms with van der Waals surface area (Å²) < 4.78 is 5.52. The summed E-state index contributed by atoms with van der Waals surface area (Å²) in [5, 5.41) is 3.22. The molecule has 0 aromatic heterocycles. The number of nitrogens with one attached hydrogen (secondary N) is 1. The van der Waals surface area contributed by atoms with Crippen LogP contribution in [0, 0.1) is 11.8 Å². The van der Waals surface area contributed by atoms with Crippen LogP contribution < -0.4 is 5.32 Å². The van der Waals surface area contributed by atoms with Crippen molar-refractivity contribution in [3.05, 3.63) is 0 Å². The van der Waals surface area contributed by atoms with Gasteiger partial charge in [-0.15, -0.1) is 0 Å². The van der Waals surface area contributed by atoms with Crippen molar-refractivity contribution in [2.45, 2.75) is 38.7 Å². The van der Waals surface area contributed by atoms with Crippen LogP contribution >= 0.6 is 0 Å². The second-order valence-electron chi connectivity index (χ2n) is 4.85. The summed E-state index contributed by atoms with van der Waals surface area (Å²) in [5.74, 6) is 1.26. The first kappa shape index (κ1) is 11.1. The number of ether oxygens (including phenoxy) is 1. The molecule has 3 heteroatoms. The summed E-state index contributed by atoms with van der Waals surface area (Å²) in [6.45, 7) is 5.00. The van der Waals surface area contributed by atoms with Crippen LogP contribution in [-0.4, -0.2) is 31.6 Å². The molecule has 0 aromatic carbocycles. The minimum Gasteiger partial charge on any atom is -0.378 e. The SMILES string of the molecule is CC(C(=O)CCC1CCCO1)C1CNC1. The number of hydrogen-bond donors (Lipinski definition) is 1. The van der Waals surface area contributed by atoms with Crippen LogP contribution in [0.4, 0.5) is 0 Å². The highest BCUT2D eigenvalue weighted by molar-refractivity contribution is 5.81. The third-order valence-electron chi connectivity index (χ3n) is 3.76. The normalized spacial score (nSPS) is 28.7. The zero-order valence-electron chi connectivity index (χ0n) is 9.50. The average Bonchev–Trinajstić information content (AvgIpc) is 2.63. The molecular weight excluding hydrogens is 190 g/mol. The average molecular weight is 211 g/mol. The molecule has 2 unspecified atom stereocenters. The molecule has 2 aliphatic rings. The Morgan fingerprint density at radius 3 is 2.87 bits per heavy atom. The van der Waals surface area contributed by atoms with Crippen LogP contribution in [0.2, 0.25) is 0 Å². The summed E-state index contributed by atoms with van der Waals surface area (Å²) in [7, 11) is 0. The lowest BCUT2D eigenvalue weighted by molar-refractivity contribution is -0.125. The predicted molar refractivity (Wildman–Crippen MR) is 58.7 cm³/mol. The summed E-state index contributed by atoms with van der Waals surface area (Å²) in [4.78, 5) is 11.9. The van der Waals surface area contributed by atoms with E-state index in [0.29, 0.717) is 24.2 Å². The molecule has 0 spiro atoms. The summed E-state index contributed by atoms with van der Waals surface area (Å²) in [5.41, 5.74) is 0. The Morgan fingerprint density at radius 2 is 2.33 bits per heavy atom. The van der Waals surface area contributed by atoms with Gasteiger partial charge in [0.05, 0.1) is 6.10 Å². The van der Waals surface area contributed by atoms with Gasteiger partial charge < -0.3 is 10.1 Å². The van der Waals surface area contributed by atoms with Gasteiger partial charge >= 0.3 is 0 Å². The van der Waals surface area contributed by atoms with Crippen LogP contribution in [0.3, 0.4) is 0 Å². The number of hydrogen-bond acceptors (Lipinski definition) is 3. The van der Waals surface area contributed by atoms with Gasteiger partial charge in [0.15, 0.2) is 0 Å². The van der Waals surface area contributed by atoms with E-state index < -0.39 is 0 Å². The first-order chi connectivity index (χ1) is 7.27. The number of ketones is 1. The second-order valence-corrected chi connectivity index (χ2v) is 4.85. The highest BCUT2D eigenvalue weighted by Gasteiger charge is 2.28. The molecule has 0 aliphatic carbocycles. The molecule has 2 aliphatic heterocycles. The van der Waals surface area contributed by atoms with Crippen molar-refractivity contribution in [3.63, 3.8) is 0 Å². The largest absolute Gasteiger partial charge is 0.378 e. The molecule has 2 atom stereocenters. The molecule has 2 heterocycles. The van der Waals surface area contributed by atoms with E-state index in [9.17, 15) is 4.79 Å². The molecule has 0 aromatic rings. The van der Waals surface area contributed by atoms with E-state index in [-0.39, 0.29) is 5.92 Å². The Kier molecular flexibility index (Phi) is 3.76. The fourth-order valence-corrected chi connectivity index (χ4v) is 2.33. The first-order valence-electron chi connectivity index (χ1n) is 6.12. The van der Waals surface area contributed by atoms with Crippen LogP contribution in [0.25, 0.3) is 0 Å². The number of rotatable bonds is 5. The topological polar surface area (TPSA) is 38.3 Å². The maximum Gasteiger partial charge on any atom is 0.136 e. The monoisotopic (exact) mass is 211 g/mol. The minimum atomic E-state index is 0.243.